The number of likely N-dealkylation sites (tertiary alicyclic amines) is 1. The Balaban J connectivity index is 1.61. The molecule has 4 rings (SSSR count). The normalized spacial score (nSPS) is 19.0. The number of aryl methyl sites for hydroxylation is 1. The lowest BCUT2D eigenvalue weighted by molar-refractivity contribution is -0.140. The molecule has 1 unspecified atom stereocenters. The van der Waals surface area contributed by atoms with Crippen molar-refractivity contribution in [3.05, 3.63) is 82.1 Å². The summed E-state index contributed by atoms with van der Waals surface area (Å²) in [7, 11) is 0. The molecule has 1 fully saturated rings. The van der Waals surface area contributed by atoms with Crippen LogP contribution in [0, 0.1) is 12.8 Å². The van der Waals surface area contributed by atoms with Crippen molar-refractivity contribution in [2.45, 2.75) is 59.4 Å². The van der Waals surface area contributed by atoms with Gasteiger partial charge in [0, 0.05) is 36.7 Å². The van der Waals surface area contributed by atoms with E-state index in [0.717, 1.165) is 42.6 Å². The van der Waals surface area contributed by atoms with Crippen LogP contribution in [0.25, 0.3) is 0 Å². The summed E-state index contributed by atoms with van der Waals surface area (Å²) in [5.74, 6) is -0.0952. The molecule has 190 valence electrons. The first-order valence-electron chi connectivity index (χ1n) is 12.9. The summed E-state index contributed by atoms with van der Waals surface area (Å²) < 4.78 is 5.40. The maximum absolute atomic E-state index is 13.3. The van der Waals surface area contributed by atoms with Crippen molar-refractivity contribution in [2.75, 3.05) is 19.7 Å². The third-order valence-corrected chi connectivity index (χ3v) is 7.38. The highest BCUT2D eigenvalue weighted by molar-refractivity contribution is 5.96. The largest absolute Gasteiger partial charge is 0.463 e. The summed E-state index contributed by atoms with van der Waals surface area (Å²) in [6.45, 7) is 9.95. The molecule has 2 amide bonds. The Morgan fingerprint density at radius 1 is 1.03 bits per heavy atom. The molecule has 0 N–H and O–H groups in total. The summed E-state index contributed by atoms with van der Waals surface area (Å²) in [5, 5.41) is 0. The molecular weight excluding hydrogens is 452 g/mol. The number of hydrogen-bond acceptors (Lipinski definition) is 4. The second kappa shape index (κ2) is 11.1. The van der Waals surface area contributed by atoms with E-state index < -0.39 is 0 Å². The average molecular weight is 489 g/mol. The molecule has 1 atom stereocenters. The Labute approximate surface area is 213 Å². The topological polar surface area (TPSA) is 66.9 Å². The van der Waals surface area contributed by atoms with Crippen molar-refractivity contribution in [3.63, 3.8) is 0 Å². The quantitative estimate of drug-likeness (QED) is 0.523. The summed E-state index contributed by atoms with van der Waals surface area (Å²) in [5.41, 5.74) is 4.67. The Bertz CT molecular complexity index is 1160. The SMILES string of the molecule is CCOC(=O)C1=C(C)N(Cc2cccc(C(=O)N3CCC(C)CC3)c2)C(=O)CC1c1ccc(C)cc1. The zero-order valence-electron chi connectivity index (χ0n) is 21.8. The molecular formula is C30H36N2O4. The van der Waals surface area contributed by atoms with E-state index in [0.29, 0.717) is 29.3 Å². The van der Waals surface area contributed by atoms with Gasteiger partial charge in [-0.3, -0.25) is 9.59 Å². The second-order valence-electron chi connectivity index (χ2n) is 10.0. The fourth-order valence-corrected chi connectivity index (χ4v) is 5.14. The van der Waals surface area contributed by atoms with Crippen molar-refractivity contribution in [3.8, 4) is 0 Å². The fraction of sp³-hybridized carbons (Fsp3) is 0.433. The maximum Gasteiger partial charge on any atom is 0.336 e. The first-order chi connectivity index (χ1) is 17.3. The number of carbonyl (C=O) groups excluding carboxylic acids is 3. The summed E-state index contributed by atoms with van der Waals surface area (Å²) in [6, 6.07) is 15.4. The molecule has 2 aromatic carbocycles. The van der Waals surface area contributed by atoms with Crippen LogP contribution in [0.1, 0.15) is 73.0 Å². The molecule has 2 aliphatic rings. The van der Waals surface area contributed by atoms with Gasteiger partial charge in [-0.2, -0.15) is 0 Å². The number of rotatable bonds is 6. The van der Waals surface area contributed by atoms with Crippen molar-refractivity contribution in [1.29, 1.82) is 0 Å². The first-order valence-corrected chi connectivity index (χ1v) is 12.9. The summed E-state index contributed by atoms with van der Waals surface area (Å²) >= 11 is 0. The van der Waals surface area contributed by atoms with Gasteiger partial charge in [-0.25, -0.2) is 4.79 Å². The number of amides is 2. The molecule has 0 aromatic heterocycles. The van der Waals surface area contributed by atoms with Gasteiger partial charge in [-0.15, -0.1) is 0 Å². The van der Waals surface area contributed by atoms with E-state index in [1.165, 1.54) is 0 Å². The molecule has 2 aliphatic heterocycles. The molecule has 0 saturated carbocycles. The van der Waals surface area contributed by atoms with Crippen LogP contribution in [0.2, 0.25) is 0 Å². The summed E-state index contributed by atoms with van der Waals surface area (Å²) in [4.78, 5) is 43.0. The lowest BCUT2D eigenvalue weighted by Crippen LogP contribution is -2.38. The lowest BCUT2D eigenvalue weighted by Gasteiger charge is -2.34. The third-order valence-electron chi connectivity index (χ3n) is 7.38. The smallest absolute Gasteiger partial charge is 0.336 e. The molecule has 6 heteroatoms. The standard InChI is InChI=1S/C30H36N2O4/c1-5-36-30(35)28-22(4)32(27(33)18-26(28)24-11-9-20(2)10-12-24)19-23-7-6-8-25(17-23)29(34)31-15-13-21(3)14-16-31/h6-12,17,21,26H,5,13-16,18-19H2,1-4H3. The number of allylic oxidation sites excluding steroid dienone is 1. The minimum atomic E-state index is -0.388. The molecule has 0 aliphatic carbocycles. The van der Waals surface area contributed by atoms with E-state index in [2.05, 4.69) is 6.92 Å². The number of esters is 1. The number of piperidine rings is 1. The van der Waals surface area contributed by atoms with E-state index in [1.54, 1.807) is 11.8 Å². The molecule has 0 bridgehead atoms. The fourth-order valence-electron chi connectivity index (χ4n) is 5.14. The van der Waals surface area contributed by atoms with Crippen LogP contribution < -0.4 is 0 Å². The molecule has 6 nitrogen and oxygen atoms in total. The number of carbonyl (C=O) groups is 3. The van der Waals surface area contributed by atoms with E-state index in [-0.39, 0.29) is 36.7 Å². The van der Waals surface area contributed by atoms with Crippen molar-refractivity contribution < 1.29 is 19.1 Å². The van der Waals surface area contributed by atoms with Crippen LogP contribution in [0.15, 0.2) is 59.8 Å². The zero-order valence-corrected chi connectivity index (χ0v) is 21.8. The predicted octanol–water partition coefficient (Wildman–Crippen LogP) is 5.22. The molecule has 36 heavy (non-hydrogen) atoms. The van der Waals surface area contributed by atoms with Crippen LogP contribution in [-0.2, 0) is 20.9 Å². The van der Waals surface area contributed by atoms with Crippen LogP contribution >= 0.6 is 0 Å². The Morgan fingerprint density at radius 3 is 2.39 bits per heavy atom. The number of ether oxygens (including phenoxy) is 1. The number of benzene rings is 2. The van der Waals surface area contributed by atoms with Gasteiger partial charge in [0.2, 0.25) is 5.91 Å². The number of hydrogen-bond donors (Lipinski definition) is 0. The van der Waals surface area contributed by atoms with Gasteiger partial charge >= 0.3 is 5.97 Å². The van der Waals surface area contributed by atoms with Crippen LogP contribution in [0.5, 0.6) is 0 Å². The van der Waals surface area contributed by atoms with E-state index in [4.69, 9.17) is 4.74 Å². The van der Waals surface area contributed by atoms with Crippen molar-refractivity contribution in [2.24, 2.45) is 5.92 Å². The zero-order chi connectivity index (χ0) is 25.8. The number of nitrogens with zero attached hydrogens (tertiary/aromatic N) is 2. The highest BCUT2D eigenvalue weighted by Gasteiger charge is 2.37. The van der Waals surface area contributed by atoms with Gasteiger partial charge in [0.1, 0.15) is 0 Å². The predicted molar refractivity (Wildman–Crippen MR) is 139 cm³/mol. The maximum atomic E-state index is 13.3. The van der Waals surface area contributed by atoms with E-state index in [9.17, 15) is 14.4 Å². The van der Waals surface area contributed by atoms with Crippen molar-refractivity contribution >= 4 is 17.8 Å². The molecule has 2 aromatic rings. The van der Waals surface area contributed by atoms with Gasteiger partial charge in [0.15, 0.2) is 0 Å². The minimum Gasteiger partial charge on any atom is -0.463 e. The van der Waals surface area contributed by atoms with Crippen LogP contribution in [0.4, 0.5) is 0 Å². The van der Waals surface area contributed by atoms with Gasteiger partial charge in [0.25, 0.3) is 5.91 Å². The van der Waals surface area contributed by atoms with Gasteiger partial charge < -0.3 is 14.5 Å². The van der Waals surface area contributed by atoms with Gasteiger partial charge in [0.05, 0.1) is 18.7 Å². The Hall–Kier alpha value is -3.41. The first kappa shape index (κ1) is 25.7. The van der Waals surface area contributed by atoms with Gasteiger partial charge in [-0.05, 0) is 62.8 Å². The second-order valence-corrected chi connectivity index (χ2v) is 10.0. The van der Waals surface area contributed by atoms with Crippen molar-refractivity contribution in [1.82, 2.24) is 9.80 Å². The van der Waals surface area contributed by atoms with E-state index >= 15 is 0 Å². The van der Waals surface area contributed by atoms with Crippen LogP contribution in [0.3, 0.4) is 0 Å². The van der Waals surface area contributed by atoms with Gasteiger partial charge in [-0.1, -0.05) is 48.9 Å². The van der Waals surface area contributed by atoms with E-state index in [1.807, 2.05) is 67.3 Å². The minimum absolute atomic E-state index is 0.0348. The van der Waals surface area contributed by atoms with Crippen LogP contribution in [-0.4, -0.2) is 47.3 Å². The summed E-state index contributed by atoms with van der Waals surface area (Å²) in [6.07, 6.45) is 2.24. The molecule has 1 saturated heterocycles. The molecule has 0 radical (unpaired) electrons. The average Bonchev–Trinajstić information content (AvgIpc) is 2.87. The molecule has 2 heterocycles. The third kappa shape index (κ3) is 5.53. The Kier molecular flexibility index (Phi) is 7.92. The monoisotopic (exact) mass is 488 g/mol. The Morgan fingerprint density at radius 2 is 1.72 bits per heavy atom. The molecule has 0 spiro atoms. The lowest BCUT2D eigenvalue weighted by atomic mass is 9.83. The highest BCUT2D eigenvalue weighted by atomic mass is 16.5. The highest BCUT2D eigenvalue weighted by Crippen LogP contribution is 2.38.